The zero-order valence-electron chi connectivity index (χ0n) is 29.4. The van der Waals surface area contributed by atoms with E-state index < -0.39 is 0 Å². The van der Waals surface area contributed by atoms with Crippen LogP contribution >= 0.6 is 0 Å². The van der Waals surface area contributed by atoms with Gasteiger partial charge >= 0.3 is 0 Å². The minimum Gasteiger partial charge on any atom is -0.493 e. The van der Waals surface area contributed by atoms with Crippen molar-refractivity contribution in [2.45, 2.75) is 87.1 Å². The van der Waals surface area contributed by atoms with E-state index in [4.69, 9.17) is 29.4 Å². The zero-order chi connectivity index (χ0) is 33.6. The average molecular weight is 631 g/mol. The lowest BCUT2D eigenvalue weighted by molar-refractivity contribution is 0.355. The molecule has 0 fully saturated rings. The normalized spacial score (nSPS) is 18.4. The van der Waals surface area contributed by atoms with Gasteiger partial charge < -0.3 is 19.4 Å². The Hall–Kier alpha value is -4.72. The van der Waals surface area contributed by atoms with Crippen LogP contribution < -0.4 is 9.47 Å². The lowest BCUT2D eigenvalue weighted by atomic mass is 9.97. The van der Waals surface area contributed by atoms with Crippen molar-refractivity contribution in [3.8, 4) is 11.5 Å². The maximum atomic E-state index is 5.66. The molecule has 1 aromatic carbocycles. The fourth-order valence-corrected chi connectivity index (χ4v) is 7.37. The molecule has 0 saturated carbocycles. The van der Waals surface area contributed by atoms with Crippen molar-refractivity contribution in [3.63, 3.8) is 0 Å². The van der Waals surface area contributed by atoms with Crippen molar-refractivity contribution >= 4 is 41.3 Å². The van der Waals surface area contributed by atoms with Gasteiger partial charge in [0.05, 0.1) is 66.0 Å². The Morgan fingerprint density at radius 1 is 0.702 bits per heavy atom. The van der Waals surface area contributed by atoms with Crippen molar-refractivity contribution in [3.05, 3.63) is 85.2 Å². The zero-order valence-corrected chi connectivity index (χ0v) is 29.4. The molecule has 6 rings (SSSR count). The number of H-pyrrole nitrogens is 2. The average Bonchev–Trinajstić information content (AvgIpc) is 3.77. The highest BCUT2D eigenvalue weighted by Crippen LogP contribution is 2.41. The third-order valence-corrected chi connectivity index (χ3v) is 10.0. The molecule has 2 aromatic heterocycles. The second kappa shape index (κ2) is 12.8. The Labute approximate surface area is 278 Å². The molecule has 8 bridgehead atoms. The first-order chi connectivity index (χ1) is 22.7. The molecule has 244 valence electrons. The second-order valence-electron chi connectivity index (χ2n) is 12.3. The van der Waals surface area contributed by atoms with Crippen LogP contribution in [0.1, 0.15) is 99.4 Å². The summed E-state index contributed by atoms with van der Waals surface area (Å²) in [6.07, 6.45) is 9.62. The molecule has 8 heteroatoms. The molecule has 1 unspecified atom stereocenters. The quantitative estimate of drug-likeness (QED) is 0.284. The largest absolute Gasteiger partial charge is 0.493 e. The van der Waals surface area contributed by atoms with Crippen LogP contribution in [0.4, 0.5) is 11.4 Å². The molecule has 0 spiro atoms. The van der Waals surface area contributed by atoms with Crippen LogP contribution in [0.2, 0.25) is 0 Å². The molecule has 0 saturated heterocycles. The molecule has 5 heterocycles. The van der Waals surface area contributed by atoms with E-state index in [0.29, 0.717) is 22.9 Å². The lowest BCUT2D eigenvalue weighted by Crippen LogP contribution is -2.06. The van der Waals surface area contributed by atoms with Gasteiger partial charge in [-0.15, -0.1) is 0 Å². The molecular formula is C39H46N6O2. The van der Waals surface area contributed by atoms with Crippen molar-refractivity contribution in [1.29, 1.82) is 0 Å². The summed E-state index contributed by atoms with van der Waals surface area (Å²) in [6, 6.07) is 3.58. The summed E-state index contributed by atoms with van der Waals surface area (Å²) in [6.45, 7) is 17.6. The summed E-state index contributed by atoms with van der Waals surface area (Å²) in [7, 11) is 3.27. The van der Waals surface area contributed by atoms with Gasteiger partial charge in [-0.2, -0.15) is 0 Å². The number of fused-ring (bicyclic) bond motifs is 9. The minimum absolute atomic E-state index is 0.184. The van der Waals surface area contributed by atoms with Gasteiger partial charge in [-0.05, 0) is 104 Å². The maximum absolute atomic E-state index is 5.66. The lowest BCUT2D eigenvalue weighted by Gasteiger charge is -2.11. The molecule has 0 amide bonds. The van der Waals surface area contributed by atoms with Gasteiger partial charge in [-0.1, -0.05) is 27.7 Å². The van der Waals surface area contributed by atoms with Gasteiger partial charge in [-0.3, -0.25) is 15.0 Å². The Kier molecular flexibility index (Phi) is 8.79. The third-order valence-electron chi connectivity index (χ3n) is 10.0. The number of aromatic amines is 2. The van der Waals surface area contributed by atoms with Crippen LogP contribution in [-0.2, 0) is 12.8 Å². The highest BCUT2D eigenvalue weighted by molar-refractivity contribution is 6.17. The molecule has 3 aliphatic rings. The van der Waals surface area contributed by atoms with Gasteiger partial charge in [0, 0.05) is 24.0 Å². The topological polar surface area (TPSA) is 99.5 Å². The van der Waals surface area contributed by atoms with Crippen molar-refractivity contribution in [1.82, 2.24) is 9.97 Å². The van der Waals surface area contributed by atoms with Crippen molar-refractivity contribution in [2.75, 3.05) is 14.2 Å². The molecule has 3 aliphatic heterocycles. The number of hydrogen-bond acceptors (Lipinski definition) is 6. The van der Waals surface area contributed by atoms with Crippen LogP contribution in [0.3, 0.4) is 0 Å². The van der Waals surface area contributed by atoms with Gasteiger partial charge in [0.25, 0.3) is 0 Å². The molecule has 3 aromatic rings. The smallest absolute Gasteiger partial charge is 0.163 e. The molecule has 0 radical (unpaired) electrons. The number of rotatable bonds is 6. The first-order valence-electron chi connectivity index (χ1n) is 16.8. The van der Waals surface area contributed by atoms with Crippen LogP contribution in [0.25, 0.3) is 6.08 Å². The molecular weight excluding hydrogens is 584 g/mol. The van der Waals surface area contributed by atoms with Crippen LogP contribution in [0, 0.1) is 13.8 Å². The number of nitrogens with zero attached hydrogens (tertiary/aromatic N) is 4. The van der Waals surface area contributed by atoms with E-state index in [2.05, 4.69) is 71.4 Å². The molecule has 2 N–H and O–H groups in total. The Morgan fingerprint density at radius 3 is 1.89 bits per heavy atom. The van der Waals surface area contributed by atoms with E-state index in [0.717, 1.165) is 65.6 Å². The monoisotopic (exact) mass is 630 g/mol. The number of aliphatic imine (C=N–C) groups is 4. The minimum atomic E-state index is -0.184. The highest BCUT2D eigenvalue weighted by atomic mass is 16.5. The predicted molar refractivity (Wildman–Crippen MR) is 196 cm³/mol. The summed E-state index contributed by atoms with van der Waals surface area (Å²) in [5, 5.41) is 0. The first kappa shape index (κ1) is 32.2. The van der Waals surface area contributed by atoms with E-state index in [-0.39, 0.29) is 6.04 Å². The SMILES string of the molecule is CCC1=C(C)C2=N/C1=C\c1[nH]c(c(C)c1CC)C1=NC(C=Nc3cc(OC)c(OC)cc3N=Cc3[nH]c2c(C)c3CC)C(CC)=C1C. The first-order valence-corrected chi connectivity index (χ1v) is 16.8. The van der Waals surface area contributed by atoms with Gasteiger partial charge in [-0.25, -0.2) is 4.99 Å². The van der Waals surface area contributed by atoms with Gasteiger partial charge in [0.2, 0.25) is 0 Å². The number of allylic oxidation sites excluding steroid dienone is 3. The van der Waals surface area contributed by atoms with Gasteiger partial charge in [0.15, 0.2) is 11.5 Å². The van der Waals surface area contributed by atoms with Crippen molar-refractivity contribution in [2.24, 2.45) is 20.0 Å². The second-order valence-corrected chi connectivity index (χ2v) is 12.3. The summed E-state index contributed by atoms with van der Waals surface area (Å²) >= 11 is 0. The van der Waals surface area contributed by atoms with Gasteiger partial charge in [0.1, 0.15) is 6.04 Å². The number of ether oxygens (including phenoxy) is 2. The number of nitrogens with one attached hydrogen (secondary N) is 2. The van der Waals surface area contributed by atoms with Crippen molar-refractivity contribution < 1.29 is 9.47 Å². The summed E-state index contributed by atoms with van der Waals surface area (Å²) in [5.41, 5.74) is 18.4. The molecule has 1 atom stereocenters. The van der Waals surface area contributed by atoms with E-state index in [1.807, 2.05) is 24.6 Å². The van der Waals surface area contributed by atoms with E-state index in [1.165, 1.54) is 44.5 Å². The number of methoxy groups -OCH3 is 2. The molecule has 0 aliphatic carbocycles. The molecule has 8 nitrogen and oxygen atoms in total. The Bertz CT molecular complexity index is 1990. The summed E-state index contributed by atoms with van der Waals surface area (Å²) in [4.78, 5) is 28.1. The number of hydrogen-bond donors (Lipinski definition) is 2. The number of aromatic nitrogens is 2. The van der Waals surface area contributed by atoms with E-state index in [9.17, 15) is 0 Å². The van der Waals surface area contributed by atoms with Crippen LogP contribution in [0.15, 0.2) is 60.1 Å². The predicted octanol–water partition coefficient (Wildman–Crippen LogP) is 9.04. The Morgan fingerprint density at radius 2 is 1.30 bits per heavy atom. The number of benzene rings is 1. The molecule has 47 heavy (non-hydrogen) atoms. The third kappa shape index (κ3) is 5.33. The fraction of sp³-hybridized carbons (Fsp3) is 0.385. The summed E-state index contributed by atoms with van der Waals surface area (Å²) in [5.74, 6) is 1.19. The highest BCUT2D eigenvalue weighted by Gasteiger charge is 2.29. The standard InChI is InChI=1S/C39H46N6O2/c1-11-24-20(5)36-38-22(7)26(13-3)32(44-38)18-40-30-16-34(46-9)35(47-10)17-31(30)41-19-33-27(14-4)23(8)39(45-33)37-21(6)25(12-2)29(43-37)15-28(24)42-36/h15-19,32,42,45H,11-14H2,1-10H3/b29-15-,40-18?,41-19?. The fourth-order valence-electron chi connectivity index (χ4n) is 7.37. The summed E-state index contributed by atoms with van der Waals surface area (Å²) < 4.78 is 11.3. The van der Waals surface area contributed by atoms with E-state index >= 15 is 0 Å². The maximum Gasteiger partial charge on any atom is 0.163 e. The Balaban J connectivity index is 1.65. The van der Waals surface area contributed by atoms with E-state index in [1.54, 1.807) is 14.2 Å². The van der Waals surface area contributed by atoms with Crippen LogP contribution in [0.5, 0.6) is 11.5 Å². The van der Waals surface area contributed by atoms with Crippen LogP contribution in [-0.4, -0.2) is 54.1 Å².